The Morgan fingerprint density at radius 1 is 1.00 bits per heavy atom. The van der Waals surface area contributed by atoms with Gasteiger partial charge in [-0.05, 0) is 48.0 Å². The van der Waals surface area contributed by atoms with Crippen LogP contribution in [0.25, 0.3) is 0 Å². The number of nitrogens with one attached hydrogen (secondary N) is 1. The van der Waals surface area contributed by atoms with Gasteiger partial charge in [0.25, 0.3) is 0 Å². The fourth-order valence-corrected chi connectivity index (χ4v) is 2.43. The van der Waals surface area contributed by atoms with Crippen molar-refractivity contribution in [2.45, 2.75) is 6.42 Å². The van der Waals surface area contributed by atoms with Crippen molar-refractivity contribution in [1.29, 1.82) is 0 Å². The zero-order valence-electron chi connectivity index (χ0n) is 12.5. The molecule has 0 saturated heterocycles. The normalized spacial score (nSPS) is 10.4. The van der Waals surface area contributed by atoms with Gasteiger partial charge in [-0.15, -0.1) is 0 Å². The molecule has 120 valence electrons. The SMILES string of the molecule is O=C(Cc1ccncc1Nc1ccc(Cl)cc1)c1ccc(Cl)nc1. The van der Waals surface area contributed by atoms with Crippen LogP contribution in [0, 0.1) is 0 Å². The first-order valence-electron chi connectivity index (χ1n) is 7.22. The molecule has 2 heterocycles. The number of halogens is 2. The lowest BCUT2D eigenvalue weighted by Gasteiger charge is -2.11. The first kappa shape index (κ1) is 16.4. The summed E-state index contributed by atoms with van der Waals surface area (Å²) in [6.45, 7) is 0. The average Bonchev–Trinajstić information content (AvgIpc) is 2.59. The molecule has 0 amide bonds. The van der Waals surface area contributed by atoms with Gasteiger partial charge >= 0.3 is 0 Å². The largest absolute Gasteiger partial charge is 0.354 e. The van der Waals surface area contributed by atoms with Crippen LogP contribution in [0.4, 0.5) is 11.4 Å². The maximum Gasteiger partial charge on any atom is 0.168 e. The summed E-state index contributed by atoms with van der Waals surface area (Å²) in [7, 11) is 0. The maximum atomic E-state index is 12.4. The summed E-state index contributed by atoms with van der Waals surface area (Å²) >= 11 is 11.6. The molecule has 0 aliphatic rings. The molecule has 3 rings (SSSR count). The number of carbonyl (C=O) groups excluding carboxylic acids is 1. The number of anilines is 2. The van der Waals surface area contributed by atoms with E-state index in [1.807, 2.05) is 18.2 Å². The first-order chi connectivity index (χ1) is 11.6. The summed E-state index contributed by atoms with van der Waals surface area (Å²) in [5, 5.41) is 4.28. The molecule has 0 aliphatic carbocycles. The topological polar surface area (TPSA) is 54.9 Å². The van der Waals surface area contributed by atoms with Gasteiger partial charge in [-0.25, -0.2) is 4.98 Å². The van der Waals surface area contributed by atoms with E-state index in [1.54, 1.807) is 36.7 Å². The highest BCUT2D eigenvalue weighted by Gasteiger charge is 2.11. The third kappa shape index (κ3) is 4.10. The number of aromatic nitrogens is 2. The molecule has 0 atom stereocenters. The summed E-state index contributed by atoms with van der Waals surface area (Å²) in [6.07, 6.45) is 5.08. The fraction of sp³-hybridized carbons (Fsp3) is 0.0556. The number of nitrogens with zero attached hydrogens (tertiary/aromatic N) is 2. The smallest absolute Gasteiger partial charge is 0.168 e. The van der Waals surface area contributed by atoms with Crippen molar-refractivity contribution in [2.24, 2.45) is 0 Å². The second-order valence-corrected chi connectivity index (χ2v) is 5.96. The number of hydrogen-bond donors (Lipinski definition) is 1. The molecule has 2 aromatic heterocycles. The van der Waals surface area contributed by atoms with Crippen molar-refractivity contribution in [3.05, 3.63) is 82.4 Å². The van der Waals surface area contributed by atoms with Crippen molar-refractivity contribution in [3.63, 3.8) is 0 Å². The lowest BCUT2D eigenvalue weighted by molar-refractivity contribution is 0.0993. The van der Waals surface area contributed by atoms with Gasteiger partial charge in [0.2, 0.25) is 0 Å². The van der Waals surface area contributed by atoms with Crippen molar-refractivity contribution < 1.29 is 4.79 Å². The van der Waals surface area contributed by atoms with E-state index >= 15 is 0 Å². The van der Waals surface area contributed by atoms with Gasteiger partial charge in [-0.3, -0.25) is 9.78 Å². The van der Waals surface area contributed by atoms with E-state index in [2.05, 4.69) is 15.3 Å². The molecule has 1 N–H and O–H groups in total. The molecule has 0 fully saturated rings. The van der Waals surface area contributed by atoms with Gasteiger partial charge in [0.05, 0.1) is 11.9 Å². The average molecular weight is 358 g/mol. The van der Waals surface area contributed by atoms with Gasteiger partial charge in [-0.2, -0.15) is 0 Å². The van der Waals surface area contributed by atoms with E-state index < -0.39 is 0 Å². The standard InChI is InChI=1S/C18H13Cl2N3O/c19-14-2-4-15(5-3-14)23-16-11-21-8-7-12(16)9-17(24)13-1-6-18(20)22-10-13/h1-8,10-11,23H,9H2. The summed E-state index contributed by atoms with van der Waals surface area (Å²) < 4.78 is 0. The number of hydrogen-bond acceptors (Lipinski definition) is 4. The van der Waals surface area contributed by atoms with Crippen molar-refractivity contribution in [2.75, 3.05) is 5.32 Å². The lowest BCUT2D eigenvalue weighted by atomic mass is 10.0. The summed E-state index contributed by atoms with van der Waals surface area (Å²) in [4.78, 5) is 20.5. The Balaban J connectivity index is 1.79. The second kappa shape index (κ2) is 7.43. The van der Waals surface area contributed by atoms with E-state index in [0.29, 0.717) is 15.7 Å². The van der Waals surface area contributed by atoms with Crippen LogP contribution in [0.15, 0.2) is 61.1 Å². The molecule has 6 heteroatoms. The molecule has 1 aromatic carbocycles. The van der Waals surface area contributed by atoms with Crippen LogP contribution < -0.4 is 5.32 Å². The Hall–Kier alpha value is -2.43. The number of carbonyl (C=O) groups is 1. The minimum Gasteiger partial charge on any atom is -0.354 e. The van der Waals surface area contributed by atoms with Crippen LogP contribution in [-0.2, 0) is 6.42 Å². The molecular formula is C18H13Cl2N3O. The van der Waals surface area contributed by atoms with Crippen molar-refractivity contribution in [1.82, 2.24) is 9.97 Å². The summed E-state index contributed by atoms with van der Waals surface area (Å²) in [5.41, 5.74) is 3.01. The Morgan fingerprint density at radius 3 is 2.50 bits per heavy atom. The minimum absolute atomic E-state index is 0.0375. The van der Waals surface area contributed by atoms with Crippen molar-refractivity contribution in [3.8, 4) is 0 Å². The molecule has 0 aliphatic heterocycles. The first-order valence-corrected chi connectivity index (χ1v) is 7.97. The number of rotatable bonds is 5. The number of benzene rings is 1. The quantitative estimate of drug-likeness (QED) is 0.518. The van der Waals surface area contributed by atoms with E-state index in [1.165, 1.54) is 6.20 Å². The summed E-state index contributed by atoms with van der Waals surface area (Å²) in [6, 6.07) is 12.4. The Labute approximate surface area is 149 Å². The van der Waals surface area contributed by atoms with Gasteiger partial charge in [0.15, 0.2) is 5.78 Å². The van der Waals surface area contributed by atoms with Gasteiger partial charge in [0.1, 0.15) is 5.15 Å². The molecule has 0 unspecified atom stereocenters. The molecule has 24 heavy (non-hydrogen) atoms. The molecule has 3 aromatic rings. The minimum atomic E-state index is -0.0375. The van der Waals surface area contributed by atoms with E-state index in [4.69, 9.17) is 23.2 Å². The van der Waals surface area contributed by atoms with E-state index in [-0.39, 0.29) is 12.2 Å². The maximum absolute atomic E-state index is 12.4. The zero-order valence-corrected chi connectivity index (χ0v) is 14.1. The van der Waals surface area contributed by atoms with Crippen LogP contribution in [-0.4, -0.2) is 15.8 Å². The predicted molar refractivity (Wildman–Crippen MR) is 96.3 cm³/mol. The zero-order chi connectivity index (χ0) is 16.9. The van der Waals surface area contributed by atoms with Gasteiger partial charge < -0.3 is 5.32 Å². The Bertz CT molecular complexity index is 849. The molecule has 0 bridgehead atoms. The van der Waals surface area contributed by atoms with Crippen LogP contribution in [0.3, 0.4) is 0 Å². The number of Topliss-reactive ketones (excluding diaryl/α,β-unsaturated/α-hetero) is 1. The highest BCUT2D eigenvalue weighted by molar-refractivity contribution is 6.30. The van der Waals surface area contributed by atoms with E-state index in [9.17, 15) is 4.79 Å². The molecule has 0 spiro atoms. The third-order valence-corrected chi connectivity index (χ3v) is 3.91. The van der Waals surface area contributed by atoms with Gasteiger partial charge in [0, 0.05) is 35.1 Å². The molecule has 4 nitrogen and oxygen atoms in total. The Kier molecular flexibility index (Phi) is 5.08. The second-order valence-electron chi connectivity index (χ2n) is 5.13. The predicted octanol–water partition coefficient (Wildman–Crippen LogP) is 4.95. The summed E-state index contributed by atoms with van der Waals surface area (Å²) in [5.74, 6) is -0.0375. The fourth-order valence-electron chi connectivity index (χ4n) is 2.19. The highest BCUT2D eigenvalue weighted by Crippen LogP contribution is 2.22. The van der Waals surface area contributed by atoms with Crippen LogP contribution >= 0.6 is 23.2 Å². The van der Waals surface area contributed by atoms with Crippen molar-refractivity contribution >= 4 is 40.4 Å². The van der Waals surface area contributed by atoms with Crippen LogP contribution in [0.2, 0.25) is 10.2 Å². The van der Waals surface area contributed by atoms with E-state index in [0.717, 1.165) is 16.9 Å². The van der Waals surface area contributed by atoms with Gasteiger partial charge in [-0.1, -0.05) is 23.2 Å². The number of pyridine rings is 2. The molecule has 0 radical (unpaired) electrons. The lowest BCUT2D eigenvalue weighted by Crippen LogP contribution is -2.06. The monoisotopic (exact) mass is 357 g/mol. The number of ketones is 1. The molecule has 0 saturated carbocycles. The van der Waals surface area contributed by atoms with Crippen LogP contribution in [0.5, 0.6) is 0 Å². The highest BCUT2D eigenvalue weighted by atomic mass is 35.5. The third-order valence-electron chi connectivity index (χ3n) is 3.43. The molecular weight excluding hydrogens is 345 g/mol. The Morgan fingerprint density at radius 2 is 1.79 bits per heavy atom. The van der Waals surface area contributed by atoms with Crippen LogP contribution in [0.1, 0.15) is 15.9 Å².